The largest absolute Gasteiger partial charge is 0.393 e. The van der Waals surface area contributed by atoms with Crippen molar-refractivity contribution >= 4 is 28.8 Å². The molecule has 148 valence electrons. The Labute approximate surface area is 172 Å². The van der Waals surface area contributed by atoms with E-state index in [4.69, 9.17) is 0 Å². The summed E-state index contributed by atoms with van der Waals surface area (Å²) >= 11 is 1.42. The van der Waals surface area contributed by atoms with Crippen molar-refractivity contribution in [1.82, 2.24) is 9.88 Å². The van der Waals surface area contributed by atoms with E-state index in [-0.39, 0.29) is 17.9 Å². The summed E-state index contributed by atoms with van der Waals surface area (Å²) in [6, 6.07) is 16.6. The van der Waals surface area contributed by atoms with Crippen LogP contribution < -0.4 is 5.32 Å². The number of piperidine rings is 1. The molecule has 1 fully saturated rings. The maximum absolute atomic E-state index is 12.7. The highest BCUT2D eigenvalue weighted by atomic mass is 32.1. The molecule has 0 unspecified atom stereocenters. The van der Waals surface area contributed by atoms with Crippen molar-refractivity contribution in [3.05, 3.63) is 71.2 Å². The van der Waals surface area contributed by atoms with Crippen LogP contribution in [0.15, 0.2) is 60.0 Å². The second kappa shape index (κ2) is 8.55. The molecule has 0 atom stereocenters. The molecular weight excluding hydrogens is 386 g/mol. The van der Waals surface area contributed by atoms with Gasteiger partial charge >= 0.3 is 0 Å². The van der Waals surface area contributed by atoms with Gasteiger partial charge in [-0.2, -0.15) is 0 Å². The van der Waals surface area contributed by atoms with Crippen molar-refractivity contribution in [3.8, 4) is 10.6 Å². The number of rotatable bonds is 4. The van der Waals surface area contributed by atoms with E-state index >= 15 is 0 Å². The molecule has 0 aliphatic carbocycles. The first-order chi connectivity index (χ1) is 14.1. The lowest BCUT2D eigenvalue weighted by Crippen LogP contribution is -2.40. The Bertz CT molecular complexity index is 1010. The van der Waals surface area contributed by atoms with Gasteiger partial charge < -0.3 is 15.3 Å². The molecule has 0 radical (unpaired) electrons. The van der Waals surface area contributed by atoms with Crippen LogP contribution in [-0.2, 0) is 0 Å². The second-order valence-corrected chi connectivity index (χ2v) is 7.82. The number of likely N-dealkylation sites (tertiary alicyclic amines) is 1. The Balaban J connectivity index is 1.45. The summed E-state index contributed by atoms with van der Waals surface area (Å²) in [5, 5.41) is 14.9. The first-order valence-corrected chi connectivity index (χ1v) is 10.4. The van der Waals surface area contributed by atoms with Gasteiger partial charge in [0.25, 0.3) is 11.8 Å². The number of anilines is 1. The van der Waals surface area contributed by atoms with Crippen LogP contribution in [0.1, 0.15) is 33.7 Å². The molecule has 4 rings (SSSR count). The molecule has 2 aromatic carbocycles. The molecule has 0 saturated carbocycles. The third-order valence-electron chi connectivity index (χ3n) is 4.88. The number of aromatic nitrogens is 1. The zero-order valence-corrected chi connectivity index (χ0v) is 16.6. The number of hydrogen-bond donors (Lipinski definition) is 2. The maximum Gasteiger partial charge on any atom is 0.275 e. The number of thiazole rings is 1. The number of hydrogen-bond acceptors (Lipinski definition) is 5. The Morgan fingerprint density at radius 3 is 2.59 bits per heavy atom. The van der Waals surface area contributed by atoms with Crippen LogP contribution in [0.2, 0.25) is 0 Å². The first kappa shape index (κ1) is 19.3. The number of benzene rings is 2. The van der Waals surface area contributed by atoms with Crippen LogP contribution in [0.5, 0.6) is 0 Å². The standard InChI is InChI=1S/C22H21N3O3S/c26-18-9-11-25(12-10-18)22(28)16-7-4-8-17(13-16)23-20(27)19-14-29-21(24-19)15-5-2-1-3-6-15/h1-8,13-14,18,26H,9-12H2,(H,23,27). The molecule has 2 heterocycles. The van der Waals surface area contributed by atoms with Gasteiger partial charge in [0, 0.05) is 35.3 Å². The summed E-state index contributed by atoms with van der Waals surface area (Å²) in [6.07, 6.45) is 0.856. The number of amides is 2. The smallest absolute Gasteiger partial charge is 0.275 e. The normalized spacial score (nSPS) is 14.6. The predicted octanol–water partition coefficient (Wildman–Crippen LogP) is 3.66. The molecule has 1 aliphatic heterocycles. The Kier molecular flexibility index (Phi) is 5.69. The van der Waals surface area contributed by atoms with Crippen molar-refractivity contribution < 1.29 is 14.7 Å². The number of carbonyl (C=O) groups excluding carboxylic acids is 2. The molecule has 1 aliphatic rings. The zero-order chi connectivity index (χ0) is 20.2. The summed E-state index contributed by atoms with van der Waals surface area (Å²) in [7, 11) is 0. The molecular formula is C22H21N3O3S. The van der Waals surface area contributed by atoms with Gasteiger partial charge in [-0.3, -0.25) is 9.59 Å². The van der Waals surface area contributed by atoms with E-state index in [9.17, 15) is 14.7 Å². The van der Waals surface area contributed by atoms with E-state index in [1.165, 1.54) is 11.3 Å². The Morgan fingerprint density at radius 2 is 1.83 bits per heavy atom. The minimum Gasteiger partial charge on any atom is -0.393 e. The van der Waals surface area contributed by atoms with Crippen molar-refractivity contribution in [2.75, 3.05) is 18.4 Å². The van der Waals surface area contributed by atoms with Gasteiger partial charge in [-0.1, -0.05) is 36.4 Å². The van der Waals surface area contributed by atoms with Crippen LogP contribution in [-0.4, -0.2) is 46.0 Å². The van der Waals surface area contributed by atoms with Crippen LogP contribution in [0, 0.1) is 0 Å². The summed E-state index contributed by atoms with van der Waals surface area (Å²) in [5.41, 5.74) is 2.38. The summed E-state index contributed by atoms with van der Waals surface area (Å²) in [4.78, 5) is 31.4. The monoisotopic (exact) mass is 407 g/mol. The second-order valence-electron chi connectivity index (χ2n) is 6.96. The van der Waals surface area contributed by atoms with E-state index in [1.54, 1.807) is 34.5 Å². The van der Waals surface area contributed by atoms with Crippen LogP contribution in [0.25, 0.3) is 10.6 Å². The molecule has 6 nitrogen and oxygen atoms in total. The third kappa shape index (κ3) is 4.52. The Morgan fingerprint density at radius 1 is 1.07 bits per heavy atom. The van der Waals surface area contributed by atoms with E-state index < -0.39 is 0 Å². The van der Waals surface area contributed by atoms with E-state index in [2.05, 4.69) is 10.3 Å². The number of nitrogens with zero attached hydrogens (tertiary/aromatic N) is 2. The van der Waals surface area contributed by atoms with Crippen molar-refractivity contribution in [3.63, 3.8) is 0 Å². The van der Waals surface area contributed by atoms with Crippen LogP contribution >= 0.6 is 11.3 Å². The highest BCUT2D eigenvalue weighted by Gasteiger charge is 2.22. The van der Waals surface area contributed by atoms with Gasteiger partial charge in [-0.05, 0) is 31.0 Å². The molecule has 29 heavy (non-hydrogen) atoms. The fraction of sp³-hybridized carbons (Fsp3) is 0.227. The number of aliphatic hydroxyl groups is 1. The summed E-state index contributed by atoms with van der Waals surface area (Å²) < 4.78 is 0. The zero-order valence-electron chi connectivity index (χ0n) is 15.7. The maximum atomic E-state index is 12.7. The summed E-state index contributed by atoms with van der Waals surface area (Å²) in [5.74, 6) is -0.401. The minimum atomic E-state index is -0.330. The molecule has 7 heteroatoms. The topological polar surface area (TPSA) is 82.5 Å². The average Bonchev–Trinajstić information content (AvgIpc) is 3.25. The lowest BCUT2D eigenvalue weighted by molar-refractivity contribution is 0.0546. The Hall–Kier alpha value is -3.03. The molecule has 0 spiro atoms. The molecule has 0 bridgehead atoms. The van der Waals surface area contributed by atoms with Crippen LogP contribution in [0.4, 0.5) is 5.69 Å². The van der Waals surface area contributed by atoms with Crippen LogP contribution in [0.3, 0.4) is 0 Å². The average molecular weight is 407 g/mol. The fourth-order valence-corrected chi connectivity index (χ4v) is 4.07. The molecule has 1 aromatic heterocycles. The van der Waals surface area contributed by atoms with Gasteiger partial charge in [0.05, 0.1) is 6.10 Å². The van der Waals surface area contributed by atoms with Gasteiger partial charge in [-0.15, -0.1) is 11.3 Å². The number of aliphatic hydroxyl groups excluding tert-OH is 1. The SMILES string of the molecule is O=C(Nc1cccc(C(=O)N2CCC(O)CC2)c1)c1csc(-c2ccccc2)n1. The van der Waals surface area contributed by atoms with E-state index in [1.807, 2.05) is 30.3 Å². The van der Waals surface area contributed by atoms with Crippen molar-refractivity contribution in [1.29, 1.82) is 0 Å². The van der Waals surface area contributed by atoms with Gasteiger partial charge in [0.2, 0.25) is 0 Å². The van der Waals surface area contributed by atoms with E-state index in [0.29, 0.717) is 42.9 Å². The third-order valence-corrected chi connectivity index (χ3v) is 5.77. The minimum absolute atomic E-state index is 0.0898. The highest BCUT2D eigenvalue weighted by Crippen LogP contribution is 2.24. The lowest BCUT2D eigenvalue weighted by atomic mass is 10.1. The molecule has 3 aromatic rings. The lowest BCUT2D eigenvalue weighted by Gasteiger charge is -2.29. The quantitative estimate of drug-likeness (QED) is 0.691. The molecule has 2 amide bonds. The molecule has 2 N–H and O–H groups in total. The van der Waals surface area contributed by atoms with Gasteiger partial charge in [-0.25, -0.2) is 4.98 Å². The number of nitrogens with one attached hydrogen (secondary N) is 1. The van der Waals surface area contributed by atoms with Crippen molar-refractivity contribution in [2.24, 2.45) is 0 Å². The number of carbonyl (C=O) groups is 2. The first-order valence-electron chi connectivity index (χ1n) is 9.50. The molecule has 1 saturated heterocycles. The van der Waals surface area contributed by atoms with Crippen molar-refractivity contribution in [2.45, 2.75) is 18.9 Å². The van der Waals surface area contributed by atoms with Gasteiger partial charge in [0.15, 0.2) is 0 Å². The highest BCUT2D eigenvalue weighted by molar-refractivity contribution is 7.13. The predicted molar refractivity (Wildman–Crippen MR) is 113 cm³/mol. The van der Waals surface area contributed by atoms with Gasteiger partial charge in [0.1, 0.15) is 10.7 Å². The fourth-order valence-electron chi connectivity index (χ4n) is 3.27. The van der Waals surface area contributed by atoms with E-state index in [0.717, 1.165) is 10.6 Å². The summed E-state index contributed by atoms with van der Waals surface area (Å²) in [6.45, 7) is 1.08.